The van der Waals surface area contributed by atoms with Crippen molar-refractivity contribution in [3.8, 4) is 0 Å². The first-order valence-corrected chi connectivity index (χ1v) is 6.14. The van der Waals surface area contributed by atoms with Crippen molar-refractivity contribution in [1.82, 2.24) is 19.4 Å². The highest BCUT2D eigenvalue weighted by Crippen LogP contribution is 2.18. The molecule has 114 valence electrons. The van der Waals surface area contributed by atoms with Crippen LogP contribution in [0.3, 0.4) is 0 Å². The Morgan fingerprint density at radius 1 is 1.35 bits per heavy atom. The lowest BCUT2D eigenvalue weighted by Gasteiger charge is -2.18. The quantitative estimate of drug-likeness (QED) is 0.795. The molecule has 0 fully saturated rings. The number of hydrogen-bond acceptors (Lipinski definition) is 3. The van der Waals surface area contributed by atoms with Gasteiger partial charge in [0, 0.05) is 39.5 Å². The van der Waals surface area contributed by atoms with Crippen LogP contribution < -0.4 is 0 Å². The maximum Gasteiger partial charge on any atom is 0.406 e. The third-order valence-electron chi connectivity index (χ3n) is 2.77. The zero-order valence-corrected chi connectivity index (χ0v) is 11.8. The monoisotopic (exact) mass is 292 g/mol. The second-order valence-electron chi connectivity index (χ2n) is 4.86. The third-order valence-corrected chi connectivity index (χ3v) is 2.77. The summed E-state index contributed by atoms with van der Waals surface area (Å²) >= 11 is 0. The lowest BCUT2D eigenvalue weighted by Crippen LogP contribution is -2.29. The normalized spacial score (nSPS) is 11.9. The van der Waals surface area contributed by atoms with E-state index < -0.39 is 12.7 Å². The molecule has 0 saturated carbocycles. The van der Waals surface area contributed by atoms with E-state index in [2.05, 4.69) is 4.98 Å². The molecule has 0 aliphatic rings. The van der Waals surface area contributed by atoms with Gasteiger partial charge in [0.05, 0.1) is 6.54 Å². The van der Waals surface area contributed by atoms with Gasteiger partial charge in [0.2, 0.25) is 5.91 Å². The van der Waals surface area contributed by atoms with Gasteiger partial charge in [-0.3, -0.25) is 9.69 Å². The van der Waals surface area contributed by atoms with Crippen LogP contribution in [0.15, 0.2) is 12.4 Å². The molecule has 1 amide bonds. The van der Waals surface area contributed by atoms with Gasteiger partial charge in [0.15, 0.2) is 0 Å². The maximum atomic E-state index is 12.4. The standard InChI is InChI=1S/C12H19F3N4O/c1-17(2)11(20)4-6-18(3)8-10-16-5-7-19(10)9-12(13,14)15/h5,7H,4,6,8-9H2,1-3H3. The number of rotatable bonds is 6. The average Bonchev–Trinajstić information content (AvgIpc) is 2.70. The van der Waals surface area contributed by atoms with Crippen LogP contribution in [-0.2, 0) is 17.9 Å². The Hall–Kier alpha value is -1.57. The van der Waals surface area contributed by atoms with Crippen molar-refractivity contribution in [3.05, 3.63) is 18.2 Å². The molecule has 0 saturated heterocycles. The van der Waals surface area contributed by atoms with Crippen LogP contribution in [0.2, 0.25) is 0 Å². The molecular formula is C12H19F3N4O. The Kier molecular flexibility index (Phi) is 5.55. The SMILES string of the molecule is CN(CCC(=O)N(C)C)Cc1nccn1CC(F)(F)F. The molecule has 0 N–H and O–H groups in total. The predicted molar refractivity (Wildman–Crippen MR) is 67.9 cm³/mol. The van der Waals surface area contributed by atoms with Crippen molar-refractivity contribution in [1.29, 1.82) is 0 Å². The topological polar surface area (TPSA) is 41.4 Å². The van der Waals surface area contributed by atoms with Crippen LogP contribution >= 0.6 is 0 Å². The van der Waals surface area contributed by atoms with Crippen molar-refractivity contribution in [3.63, 3.8) is 0 Å². The van der Waals surface area contributed by atoms with E-state index >= 15 is 0 Å². The summed E-state index contributed by atoms with van der Waals surface area (Å²) in [5, 5.41) is 0. The van der Waals surface area contributed by atoms with Gasteiger partial charge in [0.1, 0.15) is 12.4 Å². The Bertz CT molecular complexity index is 442. The van der Waals surface area contributed by atoms with Crippen molar-refractivity contribution in [2.24, 2.45) is 0 Å². The number of nitrogens with zero attached hydrogens (tertiary/aromatic N) is 4. The number of alkyl halides is 3. The van der Waals surface area contributed by atoms with Gasteiger partial charge < -0.3 is 9.47 Å². The summed E-state index contributed by atoms with van der Waals surface area (Å²) in [6, 6.07) is 0. The van der Waals surface area contributed by atoms with E-state index in [-0.39, 0.29) is 12.5 Å². The Balaban J connectivity index is 2.52. The first kappa shape index (κ1) is 16.5. The third kappa shape index (κ3) is 5.60. The number of imidazole rings is 1. The molecule has 1 rings (SSSR count). The molecule has 20 heavy (non-hydrogen) atoms. The van der Waals surface area contributed by atoms with Gasteiger partial charge in [-0.1, -0.05) is 0 Å². The Labute approximate surface area is 116 Å². The molecule has 8 heteroatoms. The summed E-state index contributed by atoms with van der Waals surface area (Å²) in [5.41, 5.74) is 0. The average molecular weight is 292 g/mol. The fourth-order valence-electron chi connectivity index (χ4n) is 1.66. The predicted octanol–water partition coefficient (Wildman–Crippen LogP) is 1.36. The summed E-state index contributed by atoms with van der Waals surface area (Å²) in [7, 11) is 5.08. The van der Waals surface area contributed by atoms with E-state index in [1.807, 2.05) is 0 Å². The zero-order valence-electron chi connectivity index (χ0n) is 11.8. The summed E-state index contributed by atoms with van der Waals surface area (Å²) in [4.78, 5) is 18.6. The lowest BCUT2D eigenvalue weighted by molar-refractivity contribution is -0.141. The van der Waals surface area contributed by atoms with Crippen LogP contribution in [0, 0.1) is 0 Å². The Morgan fingerprint density at radius 3 is 2.55 bits per heavy atom. The number of amides is 1. The van der Waals surface area contributed by atoms with Crippen molar-refractivity contribution < 1.29 is 18.0 Å². The molecule has 0 aliphatic carbocycles. The molecule has 0 aromatic carbocycles. The van der Waals surface area contributed by atoms with Gasteiger partial charge in [-0.15, -0.1) is 0 Å². The number of aromatic nitrogens is 2. The van der Waals surface area contributed by atoms with Crippen LogP contribution in [-0.4, -0.2) is 59.1 Å². The van der Waals surface area contributed by atoms with E-state index in [0.717, 1.165) is 4.57 Å². The number of halogens is 3. The van der Waals surface area contributed by atoms with Gasteiger partial charge in [-0.2, -0.15) is 13.2 Å². The molecular weight excluding hydrogens is 273 g/mol. The zero-order chi connectivity index (χ0) is 15.3. The highest BCUT2D eigenvalue weighted by molar-refractivity contribution is 5.75. The lowest BCUT2D eigenvalue weighted by atomic mass is 10.3. The summed E-state index contributed by atoms with van der Waals surface area (Å²) in [6.07, 6.45) is -1.29. The van der Waals surface area contributed by atoms with Crippen molar-refractivity contribution in [2.75, 3.05) is 27.7 Å². The van der Waals surface area contributed by atoms with Crippen LogP contribution in [0.4, 0.5) is 13.2 Å². The highest BCUT2D eigenvalue weighted by atomic mass is 19.4. The van der Waals surface area contributed by atoms with E-state index in [4.69, 9.17) is 0 Å². The first-order chi connectivity index (χ1) is 9.19. The second-order valence-corrected chi connectivity index (χ2v) is 4.86. The highest BCUT2D eigenvalue weighted by Gasteiger charge is 2.28. The summed E-state index contributed by atoms with van der Waals surface area (Å²) in [5.74, 6) is 0.317. The minimum atomic E-state index is -4.27. The molecule has 1 heterocycles. The minimum absolute atomic E-state index is 0.0181. The van der Waals surface area contributed by atoms with Crippen LogP contribution in [0.25, 0.3) is 0 Å². The van der Waals surface area contributed by atoms with Gasteiger partial charge in [-0.25, -0.2) is 4.98 Å². The summed E-state index contributed by atoms with van der Waals surface area (Å²) < 4.78 is 38.2. The number of carbonyl (C=O) groups excluding carboxylic acids is 1. The van der Waals surface area contributed by atoms with E-state index in [1.165, 1.54) is 17.3 Å². The Morgan fingerprint density at radius 2 is 2.00 bits per heavy atom. The van der Waals surface area contributed by atoms with Crippen molar-refractivity contribution >= 4 is 5.91 Å². The smallest absolute Gasteiger partial charge is 0.349 e. The van der Waals surface area contributed by atoms with Crippen LogP contribution in [0.1, 0.15) is 12.2 Å². The van der Waals surface area contributed by atoms with E-state index in [1.54, 1.807) is 26.0 Å². The molecule has 1 aromatic heterocycles. The van der Waals surface area contributed by atoms with Gasteiger partial charge in [0.25, 0.3) is 0 Å². The number of carbonyl (C=O) groups is 1. The maximum absolute atomic E-state index is 12.4. The van der Waals surface area contributed by atoms with E-state index in [9.17, 15) is 18.0 Å². The number of hydrogen-bond donors (Lipinski definition) is 0. The molecule has 1 aromatic rings. The minimum Gasteiger partial charge on any atom is -0.349 e. The second kappa shape index (κ2) is 6.74. The fraction of sp³-hybridized carbons (Fsp3) is 0.667. The van der Waals surface area contributed by atoms with Gasteiger partial charge >= 0.3 is 6.18 Å². The van der Waals surface area contributed by atoms with E-state index in [0.29, 0.717) is 18.8 Å². The van der Waals surface area contributed by atoms with Gasteiger partial charge in [-0.05, 0) is 7.05 Å². The molecule has 0 atom stereocenters. The molecule has 0 radical (unpaired) electrons. The molecule has 5 nitrogen and oxygen atoms in total. The largest absolute Gasteiger partial charge is 0.406 e. The van der Waals surface area contributed by atoms with Crippen molar-refractivity contribution in [2.45, 2.75) is 25.7 Å². The molecule has 0 bridgehead atoms. The molecule has 0 spiro atoms. The first-order valence-electron chi connectivity index (χ1n) is 6.14. The molecule has 0 aliphatic heterocycles. The molecule has 0 unspecified atom stereocenters. The van der Waals surface area contributed by atoms with Crippen LogP contribution in [0.5, 0.6) is 0 Å². The summed E-state index contributed by atoms with van der Waals surface area (Å²) in [6.45, 7) is -0.313. The fourth-order valence-corrected chi connectivity index (χ4v) is 1.66.